The highest BCUT2D eigenvalue weighted by Crippen LogP contribution is 2.23. The lowest BCUT2D eigenvalue weighted by molar-refractivity contribution is 0.128. The second-order valence-corrected chi connectivity index (χ2v) is 9.18. The standard InChI is InChI=1S/C20H32ClN3O2S.HI/c1-3-22-20(24-18-9-6-10-19(14-18)27(25)4-2)23-11-12-26-15-16-7-5-8-17(21)13-16;/h5,7-8,13,18-19H,3-4,6,9-12,14-15H2,1-2H3,(H2,22,23,24);1H. The fourth-order valence-electron chi connectivity index (χ4n) is 3.30. The lowest BCUT2D eigenvalue weighted by Crippen LogP contribution is -2.46. The number of aliphatic imine (C=N–C) groups is 1. The van der Waals surface area contributed by atoms with Gasteiger partial charge in [0.2, 0.25) is 0 Å². The van der Waals surface area contributed by atoms with Crippen molar-refractivity contribution in [2.24, 2.45) is 4.99 Å². The van der Waals surface area contributed by atoms with E-state index in [0.29, 0.717) is 31.1 Å². The van der Waals surface area contributed by atoms with Gasteiger partial charge in [-0.3, -0.25) is 9.20 Å². The van der Waals surface area contributed by atoms with Crippen LogP contribution in [-0.4, -0.2) is 46.9 Å². The van der Waals surface area contributed by atoms with Gasteiger partial charge in [-0.25, -0.2) is 0 Å². The van der Waals surface area contributed by atoms with Crippen molar-refractivity contribution in [2.75, 3.05) is 25.4 Å². The number of hydrogen-bond acceptors (Lipinski definition) is 3. The van der Waals surface area contributed by atoms with Gasteiger partial charge in [0.15, 0.2) is 5.96 Å². The molecule has 2 rings (SSSR count). The maximum atomic E-state index is 12.1. The fourth-order valence-corrected chi connectivity index (χ4v) is 4.86. The minimum absolute atomic E-state index is 0. The number of benzene rings is 1. The SMILES string of the molecule is CCNC(=NCCOCc1cccc(Cl)c1)NC1CCCC(S(=O)CC)C1.I. The van der Waals surface area contributed by atoms with Crippen molar-refractivity contribution in [3.05, 3.63) is 34.9 Å². The summed E-state index contributed by atoms with van der Waals surface area (Å²) >= 11 is 5.98. The Labute approximate surface area is 193 Å². The molecule has 0 aromatic heterocycles. The van der Waals surface area contributed by atoms with Gasteiger partial charge in [0.25, 0.3) is 0 Å². The molecule has 1 aromatic rings. The molecular weight excluding hydrogens is 509 g/mol. The highest BCUT2D eigenvalue weighted by atomic mass is 127. The van der Waals surface area contributed by atoms with Gasteiger partial charge in [0, 0.05) is 39.4 Å². The Morgan fingerprint density at radius 1 is 1.36 bits per heavy atom. The molecule has 1 saturated carbocycles. The van der Waals surface area contributed by atoms with E-state index in [4.69, 9.17) is 16.3 Å². The predicted octanol–water partition coefficient (Wildman–Crippen LogP) is 4.11. The largest absolute Gasteiger partial charge is 0.375 e. The first-order valence-corrected chi connectivity index (χ1v) is 11.6. The zero-order valence-corrected chi connectivity index (χ0v) is 20.7. The number of nitrogens with one attached hydrogen (secondary N) is 2. The van der Waals surface area contributed by atoms with Gasteiger partial charge in [-0.1, -0.05) is 37.1 Å². The molecule has 3 unspecified atom stereocenters. The molecule has 160 valence electrons. The highest BCUT2D eigenvalue weighted by molar-refractivity contribution is 14.0. The number of ether oxygens (including phenoxy) is 1. The van der Waals surface area contributed by atoms with Crippen LogP contribution < -0.4 is 10.6 Å². The van der Waals surface area contributed by atoms with Crippen LogP contribution in [0.25, 0.3) is 0 Å². The second-order valence-electron chi connectivity index (χ2n) is 6.74. The first-order chi connectivity index (χ1) is 13.1. The van der Waals surface area contributed by atoms with Crippen molar-refractivity contribution in [2.45, 2.75) is 57.4 Å². The summed E-state index contributed by atoms with van der Waals surface area (Å²) in [6, 6.07) is 8.03. The topological polar surface area (TPSA) is 62.7 Å². The summed E-state index contributed by atoms with van der Waals surface area (Å²) < 4.78 is 17.8. The molecule has 0 spiro atoms. The molecule has 28 heavy (non-hydrogen) atoms. The number of halogens is 2. The van der Waals surface area contributed by atoms with E-state index in [-0.39, 0.29) is 24.0 Å². The summed E-state index contributed by atoms with van der Waals surface area (Å²) in [4.78, 5) is 4.61. The van der Waals surface area contributed by atoms with Crippen LogP contribution in [0, 0.1) is 0 Å². The third kappa shape index (κ3) is 9.41. The van der Waals surface area contributed by atoms with Gasteiger partial charge < -0.3 is 15.4 Å². The smallest absolute Gasteiger partial charge is 0.191 e. The third-order valence-corrected chi connectivity index (χ3v) is 6.61. The average Bonchev–Trinajstić information content (AvgIpc) is 2.67. The predicted molar refractivity (Wildman–Crippen MR) is 130 cm³/mol. The molecule has 0 aliphatic heterocycles. The Morgan fingerprint density at radius 2 is 2.18 bits per heavy atom. The van der Waals surface area contributed by atoms with E-state index >= 15 is 0 Å². The van der Waals surface area contributed by atoms with Crippen molar-refractivity contribution in [3.8, 4) is 0 Å². The van der Waals surface area contributed by atoms with Crippen LogP contribution in [0.15, 0.2) is 29.3 Å². The summed E-state index contributed by atoms with van der Waals surface area (Å²) in [5.41, 5.74) is 1.06. The maximum Gasteiger partial charge on any atom is 0.191 e. The Bertz CT molecular complexity index is 633. The molecule has 0 radical (unpaired) electrons. The van der Waals surface area contributed by atoms with Gasteiger partial charge in [0.05, 0.1) is 19.8 Å². The summed E-state index contributed by atoms with van der Waals surface area (Å²) in [6.45, 7) is 6.55. The summed E-state index contributed by atoms with van der Waals surface area (Å²) in [5, 5.41) is 7.84. The Kier molecular flexibility index (Phi) is 13.4. The summed E-state index contributed by atoms with van der Waals surface area (Å²) in [7, 11) is -0.710. The molecule has 0 heterocycles. The molecule has 0 bridgehead atoms. The second kappa shape index (κ2) is 14.6. The van der Waals surface area contributed by atoms with Gasteiger partial charge in [-0.15, -0.1) is 24.0 Å². The Balaban J connectivity index is 0.00000392. The average molecular weight is 542 g/mol. The van der Waals surface area contributed by atoms with Crippen LogP contribution in [0.4, 0.5) is 0 Å². The van der Waals surface area contributed by atoms with E-state index in [0.717, 1.165) is 54.5 Å². The Morgan fingerprint density at radius 3 is 2.89 bits per heavy atom. The minimum atomic E-state index is -0.710. The van der Waals surface area contributed by atoms with Gasteiger partial charge in [-0.05, 0) is 43.9 Å². The zero-order valence-electron chi connectivity index (χ0n) is 16.8. The number of nitrogens with zero attached hydrogens (tertiary/aromatic N) is 1. The maximum absolute atomic E-state index is 12.1. The third-order valence-electron chi connectivity index (χ3n) is 4.63. The summed E-state index contributed by atoms with van der Waals surface area (Å²) in [6.07, 6.45) is 4.25. The molecule has 1 aliphatic carbocycles. The highest BCUT2D eigenvalue weighted by Gasteiger charge is 2.25. The number of guanidine groups is 1. The first kappa shape index (κ1) is 25.7. The monoisotopic (exact) mass is 541 g/mol. The molecule has 1 fully saturated rings. The van der Waals surface area contributed by atoms with E-state index in [9.17, 15) is 4.21 Å². The van der Waals surface area contributed by atoms with E-state index in [1.165, 1.54) is 0 Å². The van der Waals surface area contributed by atoms with E-state index in [1.54, 1.807) is 0 Å². The molecular formula is C20H33ClIN3O2S. The van der Waals surface area contributed by atoms with Crippen molar-refractivity contribution < 1.29 is 8.95 Å². The van der Waals surface area contributed by atoms with Gasteiger partial charge in [0.1, 0.15) is 0 Å². The molecule has 1 aliphatic rings. The van der Waals surface area contributed by atoms with Crippen LogP contribution in [0.5, 0.6) is 0 Å². The van der Waals surface area contributed by atoms with Crippen LogP contribution in [-0.2, 0) is 22.1 Å². The Hall–Kier alpha value is -0.380. The lowest BCUT2D eigenvalue weighted by atomic mass is 9.95. The molecule has 8 heteroatoms. The first-order valence-electron chi connectivity index (χ1n) is 9.86. The fraction of sp³-hybridized carbons (Fsp3) is 0.650. The van der Waals surface area contributed by atoms with Gasteiger partial charge in [-0.2, -0.15) is 0 Å². The van der Waals surface area contributed by atoms with Crippen LogP contribution in [0.2, 0.25) is 5.02 Å². The zero-order chi connectivity index (χ0) is 19.5. The quantitative estimate of drug-likeness (QED) is 0.214. The van der Waals surface area contributed by atoms with Crippen molar-refractivity contribution in [3.63, 3.8) is 0 Å². The van der Waals surface area contributed by atoms with Crippen molar-refractivity contribution in [1.82, 2.24) is 10.6 Å². The van der Waals surface area contributed by atoms with E-state index < -0.39 is 10.8 Å². The molecule has 1 aromatic carbocycles. The molecule has 2 N–H and O–H groups in total. The van der Waals surface area contributed by atoms with E-state index in [2.05, 4.69) is 22.5 Å². The van der Waals surface area contributed by atoms with Crippen LogP contribution in [0.3, 0.4) is 0 Å². The molecule has 0 saturated heterocycles. The molecule has 3 atom stereocenters. The summed E-state index contributed by atoms with van der Waals surface area (Å²) in [5.74, 6) is 1.56. The lowest BCUT2D eigenvalue weighted by Gasteiger charge is -2.30. The van der Waals surface area contributed by atoms with Crippen molar-refractivity contribution >= 4 is 52.3 Å². The van der Waals surface area contributed by atoms with Crippen LogP contribution >= 0.6 is 35.6 Å². The van der Waals surface area contributed by atoms with Crippen LogP contribution in [0.1, 0.15) is 45.1 Å². The molecule has 0 amide bonds. The number of rotatable bonds is 9. The number of hydrogen-bond donors (Lipinski definition) is 2. The van der Waals surface area contributed by atoms with Crippen molar-refractivity contribution in [1.29, 1.82) is 0 Å². The molecule has 5 nitrogen and oxygen atoms in total. The van der Waals surface area contributed by atoms with E-state index in [1.807, 2.05) is 31.2 Å². The van der Waals surface area contributed by atoms with Gasteiger partial charge >= 0.3 is 0 Å². The normalized spacial score (nSPS) is 20.9. The minimum Gasteiger partial charge on any atom is -0.375 e.